The number of aliphatic carboxylic acids is 1. The lowest BCUT2D eigenvalue weighted by Crippen LogP contribution is -2.65. The van der Waals surface area contributed by atoms with Crippen molar-refractivity contribution in [2.45, 2.75) is 116 Å². The van der Waals surface area contributed by atoms with Crippen molar-refractivity contribution in [1.29, 1.82) is 0 Å². The number of imidazole rings is 1. The minimum Gasteiger partial charge on any atom is -0.475 e. The molecule has 0 bridgehead atoms. The van der Waals surface area contributed by atoms with Crippen molar-refractivity contribution >= 4 is 47.1 Å². The quantitative estimate of drug-likeness (QED) is 0.0712. The number of carbonyl (C=O) groups is 4. The van der Waals surface area contributed by atoms with Crippen LogP contribution in [0.3, 0.4) is 0 Å². The molecule has 3 N–H and O–H groups in total. The van der Waals surface area contributed by atoms with E-state index in [-0.39, 0.29) is 31.5 Å². The topological polar surface area (TPSA) is 192 Å². The van der Waals surface area contributed by atoms with Crippen LogP contribution in [0.15, 0.2) is 72.9 Å². The standard InChI is InChI=1S/C50H66Cl2N6O9.C2HF3O2/c1-9-62-23-24-63-25-26-64-32-44-54-30-41(56(44)8)36-14-19-40(20-15-36)66-43-27-39(52)18-13-37(43)29-53-34(2)46(60)58-42(31-65-49(58,6)7)45(59)55-50(28-35-11-16-38(51)17-12-35)21-10-22-57(33-50)47(61)67-48(3,4)5;3-2(4,5)1(6)7/h11-20,27,30,34,42,53H,9-10,21-26,28-29,31-33H2,1-8H3,(H,55,59);(H,6,7)/t34-,42-,50+;/m0./s1. The maximum absolute atomic E-state index is 14.5. The van der Waals surface area contributed by atoms with Crippen molar-refractivity contribution in [3.05, 3.63) is 99.9 Å². The van der Waals surface area contributed by atoms with Crippen molar-refractivity contribution in [3.8, 4) is 22.8 Å². The van der Waals surface area contributed by atoms with Crippen LogP contribution in [0.1, 0.15) is 78.3 Å². The molecule has 2 aliphatic rings. The van der Waals surface area contributed by atoms with E-state index in [1.165, 1.54) is 4.90 Å². The predicted octanol–water partition coefficient (Wildman–Crippen LogP) is 8.96. The van der Waals surface area contributed by atoms with Crippen LogP contribution in [0.5, 0.6) is 11.5 Å². The summed E-state index contributed by atoms with van der Waals surface area (Å²) in [4.78, 5) is 58.9. The van der Waals surface area contributed by atoms with Gasteiger partial charge in [-0.2, -0.15) is 13.2 Å². The fourth-order valence-corrected chi connectivity index (χ4v) is 8.59. The van der Waals surface area contributed by atoms with Crippen LogP contribution < -0.4 is 15.4 Å². The zero-order valence-electron chi connectivity index (χ0n) is 43.0. The van der Waals surface area contributed by atoms with E-state index in [4.69, 9.17) is 61.5 Å². The number of likely N-dealkylation sites (tertiary alicyclic amines) is 1. The van der Waals surface area contributed by atoms with Gasteiger partial charge in [0.25, 0.3) is 0 Å². The molecule has 0 radical (unpaired) electrons. The first kappa shape index (κ1) is 59.4. The van der Waals surface area contributed by atoms with Gasteiger partial charge in [-0.15, -0.1) is 0 Å². The Balaban J connectivity index is 0.00000135. The third kappa shape index (κ3) is 17.3. The number of carboxylic acid groups (broad SMARTS) is 1. The largest absolute Gasteiger partial charge is 0.490 e. The van der Waals surface area contributed by atoms with Crippen LogP contribution in [-0.2, 0) is 64.7 Å². The van der Waals surface area contributed by atoms with Crippen LogP contribution in [0.25, 0.3) is 11.3 Å². The van der Waals surface area contributed by atoms with Gasteiger partial charge in [0, 0.05) is 54.5 Å². The highest BCUT2D eigenvalue weighted by Crippen LogP contribution is 2.34. The Labute approximate surface area is 439 Å². The monoisotopic (exact) mass is 1080 g/mol. The number of hydrogen-bond donors (Lipinski definition) is 3. The van der Waals surface area contributed by atoms with E-state index in [0.717, 1.165) is 28.2 Å². The zero-order valence-corrected chi connectivity index (χ0v) is 44.5. The molecule has 1 aromatic heterocycles. The molecule has 3 heterocycles. The van der Waals surface area contributed by atoms with E-state index in [0.29, 0.717) is 87.0 Å². The van der Waals surface area contributed by atoms with Gasteiger partial charge in [0.15, 0.2) is 0 Å². The molecule has 406 valence electrons. The van der Waals surface area contributed by atoms with Gasteiger partial charge in [-0.25, -0.2) is 14.6 Å². The van der Waals surface area contributed by atoms with Crippen LogP contribution in [0.2, 0.25) is 10.0 Å². The second-order valence-corrected chi connectivity index (χ2v) is 20.2. The van der Waals surface area contributed by atoms with Gasteiger partial charge in [-0.3, -0.25) is 14.5 Å². The Morgan fingerprint density at radius 1 is 0.932 bits per heavy atom. The second-order valence-electron chi connectivity index (χ2n) is 19.3. The lowest BCUT2D eigenvalue weighted by Gasteiger charge is -2.44. The van der Waals surface area contributed by atoms with Gasteiger partial charge in [-0.05, 0) is 122 Å². The molecule has 3 atom stereocenters. The van der Waals surface area contributed by atoms with E-state index in [2.05, 4.69) is 15.6 Å². The Bertz CT molecular complexity index is 2510. The lowest BCUT2D eigenvalue weighted by atomic mass is 9.82. The number of carbonyl (C=O) groups excluding carboxylic acids is 3. The highest BCUT2D eigenvalue weighted by molar-refractivity contribution is 6.31. The summed E-state index contributed by atoms with van der Waals surface area (Å²) in [6.07, 6.45) is -2.03. The fourth-order valence-electron chi connectivity index (χ4n) is 8.30. The number of hydrogen-bond acceptors (Lipinski definition) is 12. The average molecular weight is 1080 g/mol. The molecular weight excluding hydrogens is 1010 g/mol. The number of piperidine rings is 1. The van der Waals surface area contributed by atoms with Crippen LogP contribution in [0, 0.1) is 0 Å². The summed E-state index contributed by atoms with van der Waals surface area (Å²) in [5, 5.41) is 14.9. The molecule has 2 saturated heterocycles. The maximum Gasteiger partial charge on any atom is 0.490 e. The Kier molecular flexibility index (Phi) is 21.1. The SMILES string of the molecule is CCOCCOCCOCc1ncc(-c2ccc(Oc3cc(Cl)ccc3CN[C@@H](C)C(=O)N3[C@H](C(=O)N[C@@]4(Cc5ccc(Cl)cc5)CCCN(C(=O)OC(C)(C)C)C4)COC3(C)C)cc2)n1C.O=C(O)C(F)(F)F. The van der Waals surface area contributed by atoms with Crippen LogP contribution in [0.4, 0.5) is 18.0 Å². The van der Waals surface area contributed by atoms with Crippen molar-refractivity contribution in [2.24, 2.45) is 7.05 Å². The Morgan fingerprint density at radius 3 is 2.20 bits per heavy atom. The molecule has 0 saturated carbocycles. The number of nitrogens with zero attached hydrogens (tertiary/aromatic N) is 4. The van der Waals surface area contributed by atoms with E-state index >= 15 is 0 Å². The van der Waals surface area contributed by atoms with Crippen molar-refractivity contribution in [3.63, 3.8) is 0 Å². The number of aromatic nitrogens is 2. The number of alkyl halides is 3. The van der Waals surface area contributed by atoms with Gasteiger partial charge in [-0.1, -0.05) is 41.4 Å². The summed E-state index contributed by atoms with van der Waals surface area (Å²) >= 11 is 12.7. The molecule has 0 aliphatic carbocycles. The third-order valence-corrected chi connectivity index (χ3v) is 12.5. The molecule has 74 heavy (non-hydrogen) atoms. The van der Waals surface area contributed by atoms with Crippen LogP contribution in [-0.4, -0.2) is 136 Å². The number of nitrogens with one attached hydrogen (secondary N) is 2. The average Bonchev–Trinajstić information content (AvgIpc) is 3.86. The fraction of sp³-hybridized carbons (Fsp3) is 0.519. The Morgan fingerprint density at radius 2 is 1.57 bits per heavy atom. The highest BCUT2D eigenvalue weighted by atomic mass is 35.5. The van der Waals surface area contributed by atoms with Crippen molar-refractivity contribution < 1.29 is 65.9 Å². The van der Waals surface area contributed by atoms with Gasteiger partial charge >= 0.3 is 18.2 Å². The molecule has 3 amide bonds. The normalized spacial score (nSPS) is 18.0. The predicted molar refractivity (Wildman–Crippen MR) is 271 cm³/mol. The van der Waals surface area contributed by atoms with Crippen molar-refractivity contribution in [1.82, 2.24) is 30.0 Å². The summed E-state index contributed by atoms with van der Waals surface area (Å²) in [6.45, 7) is 16.8. The summed E-state index contributed by atoms with van der Waals surface area (Å²) < 4.78 is 68.6. The summed E-state index contributed by atoms with van der Waals surface area (Å²) in [5.74, 6) is -1.53. The summed E-state index contributed by atoms with van der Waals surface area (Å²) in [7, 11) is 1.95. The first-order valence-electron chi connectivity index (χ1n) is 24.2. The second kappa shape index (κ2) is 26.3. The smallest absolute Gasteiger partial charge is 0.475 e. The number of ether oxygens (including phenoxy) is 6. The minimum atomic E-state index is -5.08. The van der Waals surface area contributed by atoms with Crippen LogP contribution >= 0.6 is 23.2 Å². The van der Waals surface area contributed by atoms with E-state index in [9.17, 15) is 27.6 Å². The number of halogens is 5. The van der Waals surface area contributed by atoms with E-state index < -0.39 is 47.2 Å². The molecule has 17 nitrogen and oxygen atoms in total. The third-order valence-electron chi connectivity index (χ3n) is 12.0. The van der Waals surface area contributed by atoms with Gasteiger partial charge < -0.3 is 53.6 Å². The molecule has 22 heteroatoms. The van der Waals surface area contributed by atoms with Gasteiger partial charge in [0.05, 0.1) is 56.5 Å². The molecule has 6 rings (SSSR count). The molecule has 3 aromatic carbocycles. The van der Waals surface area contributed by atoms with Gasteiger partial charge in [0.1, 0.15) is 41.3 Å². The molecule has 2 fully saturated rings. The molecular formula is C52H67Cl2F3N6O11. The molecule has 2 aliphatic heterocycles. The first-order valence-corrected chi connectivity index (χ1v) is 24.9. The first-order chi connectivity index (χ1) is 34.8. The van der Waals surface area contributed by atoms with E-state index in [1.54, 1.807) is 37.8 Å². The highest BCUT2D eigenvalue weighted by Gasteiger charge is 2.50. The lowest BCUT2D eigenvalue weighted by molar-refractivity contribution is -0.192. The van der Waals surface area contributed by atoms with E-state index in [1.807, 2.05) is 100 Å². The number of rotatable bonds is 20. The zero-order chi connectivity index (χ0) is 54.4. The maximum atomic E-state index is 14.5. The molecule has 0 spiro atoms. The number of benzene rings is 3. The van der Waals surface area contributed by atoms with Crippen molar-refractivity contribution in [2.75, 3.05) is 52.7 Å². The number of amides is 3. The molecule has 0 unspecified atom stereocenters. The number of carboxylic acids is 1. The molecule has 4 aromatic rings. The summed E-state index contributed by atoms with van der Waals surface area (Å²) in [5.41, 5.74) is 0.964. The minimum absolute atomic E-state index is 0.000152. The summed E-state index contributed by atoms with van der Waals surface area (Å²) in [6, 6.07) is 18.8. The van der Waals surface area contributed by atoms with Gasteiger partial charge in [0.2, 0.25) is 11.8 Å². The Hall–Kier alpha value is -5.48.